The maximum Gasteiger partial charge on any atom is 0.267 e. The summed E-state index contributed by atoms with van der Waals surface area (Å²) < 4.78 is 0. The molecule has 4 nitrogen and oxygen atoms in total. The summed E-state index contributed by atoms with van der Waals surface area (Å²) in [5, 5.41) is 0. The minimum Gasteiger partial charge on any atom is -0.364 e. The second-order valence-electron chi connectivity index (χ2n) is 3.03. The molecule has 0 spiro atoms. The Hall–Kier alpha value is -1.32. The Kier molecular flexibility index (Phi) is 1.60. The van der Waals surface area contributed by atoms with E-state index in [1.54, 1.807) is 6.08 Å². The first-order valence-electron chi connectivity index (χ1n) is 4.10. The highest BCUT2D eigenvalue weighted by atomic mass is 16.1. The highest BCUT2D eigenvalue weighted by Crippen LogP contribution is 2.17. The van der Waals surface area contributed by atoms with Crippen molar-refractivity contribution in [2.45, 2.75) is 12.8 Å². The van der Waals surface area contributed by atoms with Crippen LogP contribution in [-0.2, 0) is 4.79 Å². The van der Waals surface area contributed by atoms with Crippen molar-refractivity contribution in [3.8, 4) is 0 Å². The van der Waals surface area contributed by atoms with Crippen LogP contribution in [0.3, 0.4) is 0 Å². The molecule has 2 heterocycles. The van der Waals surface area contributed by atoms with Crippen molar-refractivity contribution in [2.24, 2.45) is 10.7 Å². The van der Waals surface area contributed by atoms with E-state index in [2.05, 4.69) is 9.89 Å². The minimum atomic E-state index is -0.422. The second kappa shape index (κ2) is 2.62. The van der Waals surface area contributed by atoms with Gasteiger partial charge in [0.1, 0.15) is 11.5 Å². The summed E-state index contributed by atoms with van der Waals surface area (Å²) in [6.07, 6.45) is 3.90. The summed E-state index contributed by atoms with van der Waals surface area (Å²) >= 11 is 0. The largest absolute Gasteiger partial charge is 0.364 e. The van der Waals surface area contributed by atoms with Crippen LogP contribution < -0.4 is 5.73 Å². The van der Waals surface area contributed by atoms with Crippen LogP contribution in [-0.4, -0.2) is 29.7 Å². The number of amides is 1. The number of aliphatic imine (C=N–C) groups is 1. The molecule has 2 aliphatic heterocycles. The zero-order chi connectivity index (χ0) is 8.55. The van der Waals surface area contributed by atoms with Crippen LogP contribution >= 0.6 is 0 Å². The number of hydrogen-bond acceptors (Lipinski definition) is 3. The van der Waals surface area contributed by atoms with Gasteiger partial charge in [0, 0.05) is 19.5 Å². The summed E-state index contributed by atoms with van der Waals surface area (Å²) in [5.41, 5.74) is 5.54. The van der Waals surface area contributed by atoms with Crippen molar-refractivity contribution < 1.29 is 4.79 Å². The fourth-order valence-corrected chi connectivity index (χ4v) is 1.58. The molecule has 0 bridgehead atoms. The summed E-state index contributed by atoms with van der Waals surface area (Å²) in [6, 6.07) is 0. The van der Waals surface area contributed by atoms with Gasteiger partial charge in [-0.3, -0.25) is 4.79 Å². The van der Waals surface area contributed by atoms with E-state index in [0.717, 1.165) is 31.8 Å². The zero-order valence-electron chi connectivity index (χ0n) is 6.79. The Balaban J connectivity index is 2.22. The highest BCUT2D eigenvalue weighted by Gasteiger charge is 2.22. The van der Waals surface area contributed by atoms with Crippen molar-refractivity contribution in [1.82, 2.24) is 4.90 Å². The van der Waals surface area contributed by atoms with E-state index in [9.17, 15) is 4.79 Å². The molecule has 0 aliphatic carbocycles. The van der Waals surface area contributed by atoms with Gasteiger partial charge in [-0.2, -0.15) is 0 Å². The molecular formula is C8H11N3O. The van der Waals surface area contributed by atoms with E-state index < -0.39 is 5.91 Å². The van der Waals surface area contributed by atoms with E-state index in [1.165, 1.54) is 0 Å². The average Bonchev–Trinajstić information content (AvgIpc) is 2.49. The van der Waals surface area contributed by atoms with Gasteiger partial charge in [0.05, 0.1) is 0 Å². The van der Waals surface area contributed by atoms with Gasteiger partial charge >= 0.3 is 0 Å². The topological polar surface area (TPSA) is 58.7 Å². The van der Waals surface area contributed by atoms with Crippen LogP contribution in [0.2, 0.25) is 0 Å². The quantitative estimate of drug-likeness (QED) is 0.588. The number of amidine groups is 1. The fourth-order valence-electron chi connectivity index (χ4n) is 1.58. The highest BCUT2D eigenvalue weighted by molar-refractivity contribution is 5.97. The average molecular weight is 165 g/mol. The number of primary amides is 1. The Labute approximate surface area is 70.7 Å². The van der Waals surface area contributed by atoms with Crippen LogP contribution in [0.25, 0.3) is 0 Å². The van der Waals surface area contributed by atoms with Gasteiger partial charge in [-0.15, -0.1) is 0 Å². The fraction of sp³-hybridized carbons (Fsp3) is 0.500. The normalized spacial score (nSPS) is 21.5. The summed E-state index contributed by atoms with van der Waals surface area (Å²) in [5.74, 6) is 0.598. The third-order valence-corrected chi connectivity index (χ3v) is 2.20. The lowest BCUT2D eigenvalue weighted by Gasteiger charge is -2.20. The van der Waals surface area contributed by atoms with Crippen LogP contribution in [0.4, 0.5) is 0 Å². The standard InChI is InChI=1S/C8H11N3O/c9-8(12)6-3-5-11-4-1-2-7(11)10-6/h3H,1-2,4-5H2,(H2,9,12). The van der Waals surface area contributed by atoms with Crippen molar-refractivity contribution in [3.05, 3.63) is 11.8 Å². The summed E-state index contributed by atoms with van der Waals surface area (Å²) in [7, 11) is 0. The number of carbonyl (C=O) groups excluding carboxylic acids is 1. The van der Waals surface area contributed by atoms with E-state index in [-0.39, 0.29) is 0 Å². The molecule has 0 atom stereocenters. The predicted octanol–water partition coefficient (Wildman–Crippen LogP) is -0.137. The van der Waals surface area contributed by atoms with E-state index >= 15 is 0 Å². The molecule has 0 aromatic heterocycles. The molecule has 64 valence electrons. The molecule has 0 aromatic rings. The first kappa shape index (κ1) is 7.34. The van der Waals surface area contributed by atoms with E-state index in [0.29, 0.717) is 5.70 Å². The summed E-state index contributed by atoms with van der Waals surface area (Å²) in [4.78, 5) is 17.1. The van der Waals surface area contributed by atoms with Gasteiger partial charge in [0.25, 0.3) is 5.91 Å². The van der Waals surface area contributed by atoms with Gasteiger partial charge in [0.15, 0.2) is 0 Å². The maximum atomic E-state index is 10.8. The lowest BCUT2D eigenvalue weighted by Crippen LogP contribution is -2.30. The van der Waals surface area contributed by atoms with Crippen LogP contribution in [0.5, 0.6) is 0 Å². The zero-order valence-corrected chi connectivity index (χ0v) is 6.79. The Morgan fingerprint density at radius 2 is 2.50 bits per heavy atom. The predicted molar refractivity (Wildman–Crippen MR) is 45.5 cm³/mol. The number of carbonyl (C=O) groups is 1. The molecule has 1 amide bonds. The molecule has 1 saturated heterocycles. The van der Waals surface area contributed by atoms with Crippen LogP contribution in [0, 0.1) is 0 Å². The molecule has 1 fully saturated rings. The van der Waals surface area contributed by atoms with Gasteiger partial charge < -0.3 is 10.6 Å². The molecule has 12 heavy (non-hydrogen) atoms. The number of rotatable bonds is 1. The van der Waals surface area contributed by atoms with Crippen molar-refractivity contribution >= 4 is 11.7 Å². The van der Waals surface area contributed by atoms with Crippen molar-refractivity contribution in [2.75, 3.05) is 13.1 Å². The molecule has 2 aliphatic rings. The molecule has 4 heteroatoms. The van der Waals surface area contributed by atoms with E-state index in [1.807, 2.05) is 0 Å². The van der Waals surface area contributed by atoms with Gasteiger partial charge in [-0.05, 0) is 12.5 Å². The molecule has 2 rings (SSSR count). The van der Waals surface area contributed by atoms with Gasteiger partial charge in [-0.1, -0.05) is 0 Å². The van der Waals surface area contributed by atoms with Crippen LogP contribution in [0.15, 0.2) is 16.8 Å². The number of nitrogens with two attached hydrogens (primary N) is 1. The Bertz CT molecular complexity index is 280. The minimum absolute atomic E-state index is 0.420. The van der Waals surface area contributed by atoms with Crippen LogP contribution in [0.1, 0.15) is 12.8 Å². The summed E-state index contributed by atoms with van der Waals surface area (Å²) in [6.45, 7) is 1.85. The Morgan fingerprint density at radius 1 is 1.67 bits per heavy atom. The van der Waals surface area contributed by atoms with Crippen molar-refractivity contribution in [3.63, 3.8) is 0 Å². The second-order valence-corrected chi connectivity index (χ2v) is 3.03. The van der Waals surface area contributed by atoms with Gasteiger partial charge in [-0.25, -0.2) is 4.99 Å². The Morgan fingerprint density at radius 3 is 3.25 bits per heavy atom. The molecular weight excluding hydrogens is 154 g/mol. The lowest BCUT2D eigenvalue weighted by molar-refractivity contribution is -0.114. The first-order valence-corrected chi connectivity index (χ1v) is 4.10. The SMILES string of the molecule is NC(=O)C1=CCN2CCCC2=N1. The monoisotopic (exact) mass is 165 g/mol. The third kappa shape index (κ3) is 1.09. The molecule has 2 N–H and O–H groups in total. The number of nitrogens with zero attached hydrogens (tertiary/aromatic N) is 2. The van der Waals surface area contributed by atoms with Gasteiger partial charge in [0.2, 0.25) is 0 Å². The number of fused-ring (bicyclic) bond motifs is 1. The lowest BCUT2D eigenvalue weighted by atomic mass is 10.3. The molecule has 0 aromatic carbocycles. The third-order valence-electron chi connectivity index (χ3n) is 2.20. The maximum absolute atomic E-state index is 10.8. The smallest absolute Gasteiger partial charge is 0.267 e. The van der Waals surface area contributed by atoms with Crippen molar-refractivity contribution in [1.29, 1.82) is 0 Å². The molecule has 0 radical (unpaired) electrons. The molecule has 0 unspecified atom stereocenters. The first-order chi connectivity index (χ1) is 5.77. The van der Waals surface area contributed by atoms with E-state index in [4.69, 9.17) is 5.73 Å². The number of hydrogen-bond donors (Lipinski definition) is 1. The molecule has 0 saturated carbocycles.